The summed E-state index contributed by atoms with van der Waals surface area (Å²) in [6, 6.07) is 0. The van der Waals surface area contributed by atoms with Crippen LogP contribution in [0.15, 0.2) is 24.3 Å². The Balaban J connectivity index is 2.37. The molecule has 0 nitrogen and oxygen atoms in total. The summed E-state index contributed by atoms with van der Waals surface area (Å²) >= 11 is 0. The van der Waals surface area contributed by atoms with Crippen LogP contribution in [0.4, 0.5) is 0 Å². The summed E-state index contributed by atoms with van der Waals surface area (Å²) in [7, 11) is 0. The van der Waals surface area contributed by atoms with Gasteiger partial charge in [0, 0.05) is 0 Å². The van der Waals surface area contributed by atoms with E-state index < -0.39 is 0 Å². The minimum absolute atomic E-state index is 0.625. The first kappa shape index (κ1) is 3.48. The van der Waals surface area contributed by atoms with Crippen LogP contribution in [-0.4, -0.2) is 0 Å². The van der Waals surface area contributed by atoms with E-state index in [-0.39, 0.29) is 0 Å². The SMILES string of the molecule is C=C1C=CC2[C]C12. The van der Waals surface area contributed by atoms with Crippen LogP contribution < -0.4 is 0 Å². The Morgan fingerprint density at radius 1 is 1.71 bits per heavy atom. The van der Waals surface area contributed by atoms with Gasteiger partial charge in [-0.05, 0) is 18.3 Å². The predicted molar refractivity (Wildman–Crippen MR) is 28.5 cm³/mol. The molecule has 7 heavy (non-hydrogen) atoms. The van der Waals surface area contributed by atoms with Crippen LogP contribution in [0.25, 0.3) is 0 Å². The van der Waals surface area contributed by atoms with Gasteiger partial charge in [-0.25, -0.2) is 0 Å². The van der Waals surface area contributed by atoms with Crippen molar-refractivity contribution in [2.75, 3.05) is 0 Å². The van der Waals surface area contributed by atoms with Crippen molar-refractivity contribution < 1.29 is 0 Å². The van der Waals surface area contributed by atoms with E-state index in [0.717, 1.165) is 0 Å². The van der Waals surface area contributed by atoms with Gasteiger partial charge in [-0.3, -0.25) is 0 Å². The molecule has 2 aliphatic rings. The van der Waals surface area contributed by atoms with Crippen LogP contribution in [0.5, 0.6) is 0 Å². The van der Waals surface area contributed by atoms with E-state index in [0.29, 0.717) is 11.8 Å². The fourth-order valence-electron chi connectivity index (χ4n) is 0.987. The molecule has 0 heteroatoms. The zero-order chi connectivity index (χ0) is 4.85. The third kappa shape index (κ3) is 0.317. The van der Waals surface area contributed by atoms with Crippen LogP contribution in [-0.2, 0) is 0 Å². The molecule has 2 aliphatic carbocycles. The maximum absolute atomic E-state index is 3.83. The quantitative estimate of drug-likeness (QED) is 0.422. The molecule has 2 rings (SSSR count). The molecule has 2 atom stereocenters. The lowest BCUT2D eigenvalue weighted by Crippen LogP contribution is -1.69. The van der Waals surface area contributed by atoms with Gasteiger partial charge in [-0.15, -0.1) is 0 Å². The summed E-state index contributed by atoms with van der Waals surface area (Å²) in [4.78, 5) is 0. The van der Waals surface area contributed by atoms with E-state index in [2.05, 4.69) is 25.2 Å². The highest BCUT2D eigenvalue weighted by molar-refractivity contribution is 5.41. The van der Waals surface area contributed by atoms with Crippen molar-refractivity contribution in [3.05, 3.63) is 30.7 Å². The lowest BCUT2D eigenvalue weighted by molar-refractivity contribution is 1.01. The first-order valence-electron chi connectivity index (χ1n) is 2.51. The first-order chi connectivity index (χ1) is 3.38. The highest BCUT2D eigenvalue weighted by Crippen LogP contribution is 2.48. The van der Waals surface area contributed by atoms with Crippen LogP contribution in [0, 0.1) is 18.3 Å². The highest BCUT2D eigenvalue weighted by atomic mass is 14.4. The molecular weight excluding hydrogens is 84.1 g/mol. The lowest BCUT2D eigenvalue weighted by Gasteiger charge is -1.82. The summed E-state index contributed by atoms with van der Waals surface area (Å²) in [6.45, 7) is 3.83. The van der Waals surface area contributed by atoms with Crippen molar-refractivity contribution in [3.8, 4) is 0 Å². The molecule has 2 unspecified atom stereocenters. The molecule has 34 valence electrons. The van der Waals surface area contributed by atoms with Crippen LogP contribution in [0.1, 0.15) is 0 Å². The van der Waals surface area contributed by atoms with Crippen LogP contribution >= 0.6 is 0 Å². The molecule has 0 aromatic heterocycles. The Kier molecular flexibility index (Phi) is 0.415. The molecule has 0 N–H and O–H groups in total. The fraction of sp³-hybridized carbons (Fsp3) is 0.286. The molecule has 0 aliphatic heterocycles. The summed E-state index contributed by atoms with van der Waals surface area (Å²) in [5.74, 6) is 1.28. The van der Waals surface area contributed by atoms with Gasteiger partial charge >= 0.3 is 0 Å². The third-order valence-electron chi connectivity index (χ3n) is 1.54. The van der Waals surface area contributed by atoms with Crippen LogP contribution in [0.3, 0.4) is 0 Å². The van der Waals surface area contributed by atoms with Gasteiger partial charge in [0.25, 0.3) is 0 Å². The number of allylic oxidation sites excluding steroid dienone is 3. The Labute approximate surface area is 43.5 Å². The van der Waals surface area contributed by atoms with Gasteiger partial charge in [0.05, 0.1) is 0 Å². The molecule has 1 saturated carbocycles. The van der Waals surface area contributed by atoms with Crippen molar-refractivity contribution in [3.63, 3.8) is 0 Å². The normalized spacial score (nSPS) is 44.3. The van der Waals surface area contributed by atoms with E-state index in [1.807, 2.05) is 0 Å². The monoisotopic (exact) mass is 90.0 g/mol. The number of rotatable bonds is 0. The standard InChI is InChI=1S/C7H6/c1-5-2-3-6-4-7(5)6/h2-3,6-7H,1H2. The van der Waals surface area contributed by atoms with Crippen molar-refractivity contribution in [1.82, 2.24) is 0 Å². The van der Waals surface area contributed by atoms with E-state index in [1.165, 1.54) is 5.57 Å². The maximum Gasteiger partial charge on any atom is -0.000545 e. The smallest absolute Gasteiger partial charge is 0.000545 e. The zero-order valence-corrected chi connectivity index (χ0v) is 4.02. The third-order valence-corrected chi connectivity index (χ3v) is 1.54. The predicted octanol–water partition coefficient (Wildman–Crippen LogP) is 1.44. The van der Waals surface area contributed by atoms with Crippen molar-refractivity contribution in [1.29, 1.82) is 0 Å². The molecule has 0 spiro atoms. The van der Waals surface area contributed by atoms with Gasteiger partial charge in [0.1, 0.15) is 0 Å². The summed E-state index contributed by atoms with van der Waals surface area (Å²) < 4.78 is 0. The molecule has 0 aromatic rings. The van der Waals surface area contributed by atoms with E-state index in [4.69, 9.17) is 0 Å². The molecule has 1 fully saturated rings. The second-order valence-electron chi connectivity index (χ2n) is 2.10. The Morgan fingerprint density at radius 3 is 2.71 bits per heavy atom. The second kappa shape index (κ2) is 0.835. The van der Waals surface area contributed by atoms with E-state index >= 15 is 0 Å². The van der Waals surface area contributed by atoms with Crippen molar-refractivity contribution in [2.45, 2.75) is 0 Å². The van der Waals surface area contributed by atoms with Gasteiger partial charge < -0.3 is 0 Å². The minimum atomic E-state index is 0.625. The van der Waals surface area contributed by atoms with Gasteiger partial charge in [0.15, 0.2) is 0 Å². The molecule has 0 bridgehead atoms. The summed E-state index contributed by atoms with van der Waals surface area (Å²) in [5, 5.41) is 0. The number of hydrogen-bond donors (Lipinski definition) is 0. The zero-order valence-electron chi connectivity index (χ0n) is 4.02. The van der Waals surface area contributed by atoms with E-state index in [1.54, 1.807) is 0 Å². The Morgan fingerprint density at radius 2 is 2.57 bits per heavy atom. The van der Waals surface area contributed by atoms with E-state index in [9.17, 15) is 0 Å². The van der Waals surface area contributed by atoms with Gasteiger partial charge in [-0.1, -0.05) is 24.3 Å². The lowest BCUT2D eigenvalue weighted by atomic mass is 10.2. The second-order valence-corrected chi connectivity index (χ2v) is 2.10. The average Bonchev–Trinajstić information content (AvgIpc) is 2.33. The Hall–Kier alpha value is -0.520. The molecule has 0 saturated heterocycles. The summed E-state index contributed by atoms with van der Waals surface area (Å²) in [6.07, 6.45) is 7.48. The van der Waals surface area contributed by atoms with Gasteiger partial charge in [0.2, 0.25) is 0 Å². The van der Waals surface area contributed by atoms with Crippen molar-refractivity contribution in [2.24, 2.45) is 11.8 Å². The largest absolute Gasteiger partial charge is 0.0955 e. The maximum atomic E-state index is 3.83. The van der Waals surface area contributed by atoms with Gasteiger partial charge in [-0.2, -0.15) is 0 Å². The molecular formula is C7H6. The Bertz CT molecular complexity index is 142. The molecule has 0 amide bonds. The molecule has 0 aromatic carbocycles. The number of hydrogen-bond acceptors (Lipinski definition) is 0. The summed E-state index contributed by atoms with van der Waals surface area (Å²) in [5.41, 5.74) is 1.24. The average molecular weight is 90.1 g/mol. The fourth-order valence-corrected chi connectivity index (χ4v) is 0.987. The number of fused-ring (bicyclic) bond motifs is 1. The first-order valence-corrected chi connectivity index (χ1v) is 2.51. The van der Waals surface area contributed by atoms with Crippen molar-refractivity contribution >= 4 is 0 Å². The molecule has 0 heterocycles. The highest BCUT2D eigenvalue weighted by Gasteiger charge is 2.40. The topological polar surface area (TPSA) is 0 Å². The minimum Gasteiger partial charge on any atom is -0.0955 e. The van der Waals surface area contributed by atoms with Crippen LogP contribution in [0.2, 0.25) is 0 Å². The molecule has 2 radical (unpaired) electrons.